The van der Waals surface area contributed by atoms with Crippen molar-refractivity contribution in [2.24, 2.45) is 0 Å². The Labute approximate surface area is 284 Å². The van der Waals surface area contributed by atoms with Gasteiger partial charge in [0.2, 0.25) is 0 Å². The number of halogens is 3. The number of hydrogen-bond donors (Lipinski definition) is 1. The molecule has 0 aromatic rings. The number of aliphatic carboxylic acids is 1. The summed E-state index contributed by atoms with van der Waals surface area (Å²) in [5, 5.41) is 8.78. The van der Waals surface area contributed by atoms with E-state index in [4.69, 9.17) is 24.1 Å². The number of esters is 1. The van der Waals surface area contributed by atoms with Crippen LogP contribution in [0.3, 0.4) is 0 Å². The molecule has 0 rings (SSSR count). The number of unbranched alkanes of at least 4 members (excludes halogenated alkanes) is 22. The zero-order valence-electron chi connectivity index (χ0n) is 29.9. The highest BCUT2D eigenvalue weighted by Gasteiger charge is 2.28. The van der Waals surface area contributed by atoms with Crippen LogP contribution in [0.1, 0.15) is 167 Å². The van der Waals surface area contributed by atoms with Crippen molar-refractivity contribution < 1.29 is 47.8 Å². The molecule has 0 spiro atoms. The van der Waals surface area contributed by atoms with Crippen LogP contribution in [0.15, 0.2) is 12.7 Å². The largest absolute Gasteiger partial charge is 0.542 e. The zero-order valence-corrected chi connectivity index (χ0v) is 29.9. The summed E-state index contributed by atoms with van der Waals surface area (Å²) < 4.78 is 48.6. The standard InChI is InChI=1S/C35H69NO4.C2HF3O2/c1-3-5-6-7-8-9-10-11-12-13-14-15-18-21-24-27-31-38-32-34(39-30-4-2)33-40-35(37)28-25-22-19-16-17-20-23-26-29-36;3-2(4,5)1(6)7/h4,34H,2-3,5-33,36H2,1H3;(H,6,7). The van der Waals surface area contributed by atoms with Gasteiger partial charge in [0.25, 0.3) is 0 Å². The molecule has 10 heteroatoms. The van der Waals surface area contributed by atoms with E-state index < -0.39 is 12.1 Å². The van der Waals surface area contributed by atoms with Gasteiger partial charge in [-0.2, -0.15) is 13.2 Å². The Bertz CT molecular complexity index is 693. The lowest BCUT2D eigenvalue weighted by Crippen LogP contribution is -2.50. The number of hydrogen-bond acceptors (Lipinski definition) is 6. The van der Waals surface area contributed by atoms with Gasteiger partial charge in [-0.05, 0) is 25.7 Å². The van der Waals surface area contributed by atoms with Crippen LogP contribution in [0.5, 0.6) is 0 Å². The van der Waals surface area contributed by atoms with E-state index in [0.717, 1.165) is 32.4 Å². The van der Waals surface area contributed by atoms with E-state index >= 15 is 0 Å². The minimum Gasteiger partial charge on any atom is -0.542 e. The molecule has 0 aliphatic carbocycles. The Morgan fingerprint density at radius 1 is 0.702 bits per heavy atom. The maximum atomic E-state index is 12.1. The van der Waals surface area contributed by atoms with Crippen LogP contribution in [0.4, 0.5) is 13.2 Å². The van der Waals surface area contributed by atoms with Crippen molar-refractivity contribution in [3.63, 3.8) is 0 Å². The number of ether oxygens (including phenoxy) is 3. The Balaban J connectivity index is 0. The lowest BCUT2D eigenvalue weighted by atomic mass is 10.0. The predicted octanol–water partition coefficient (Wildman–Crippen LogP) is 8.43. The van der Waals surface area contributed by atoms with Crippen molar-refractivity contribution in [1.29, 1.82) is 0 Å². The van der Waals surface area contributed by atoms with Crippen LogP contribution in [0.25, 0.3) is 0 Å². The van der Waals surface area contributed by atoms with Crippen molar-refractivity contribution in [2.45, 2.75) is 180 Å². The van der Waals surface area contributed by atoms with Crippen LogP contribution in [0.2, 0.25) is 0 Å². The number of carbonyl (C=O) groups excluding carboxylic acids is 2. The third-order valence-corrected chi connectivity index (χ3v) is 7.94. The molecule has 0 saturated heterocycles. The third kappa shape index (κ3) is 40.4. The fourth-order valence-electron chi connectivity index (χ4n) is 5.08. The number of carboxylic acid groups (broad SMARTS) is 1. The normalized spacial score (nSPS) is 11.9. The Hall–Kier alpha value is -1.65. The Kier molecular flexibility index (Phi) is 37.5. The molecule has 280 valence electrons. The average molecular weight is 682 g/mol. The lowest BCUT2D eigenvalue weighted by molar-refractivity contribution is -0.368. The van der Waals surface area contributed by atoms with Crippen LogP contribution < -0.4 is 10.8 Å². The summed E-state index contributed by atoms with van der Waals surface area (Å²) in [4.78, 5) is 20.9. The highest BCUT2D eigenvalue weighted by Crippen LogP contribution is 2.14. The van der Waals surface area contributed by atoms with E-state index in [0.29, 0.717) is 19.6 Å². The second-order valence-corrected chi connectivity index (χ2v) is 12.5. The molecule has 0 heterocycles. The molecule has 1 unspecified atom stereocenters. The molecule has 0 fully saturated rings. The van der Waals surface area contributed by atoms with Gasteiger partial charge in [0.15, 0.2) is 0 Å². The minimum absolute atomic E-state index is 0.125. The highest BCUT2D eigenvalue weighted by atomic mass is 19.4. The van der Waals surface area contributed by atoms with E-state index in [1.54, 1.807) is 6.08 Å². The second kappa shape index (κ2) is 37.2. The summed E-state index contributed by atoms with van der Waals surface area (Å²) >= 11 is 0. The van der Waals surface area contributed by atoms with Crippen LogP contribution in [0, 0.1) is 0 Å². The smallest absolute Gasteiger partial charge is 0.430 e. The fraction of sp³-hybridized carbons (Fsp3) is 0.892. The van der Waals surface area contributed by atoms with Gasteiger partial charge in [-0.3, -0.25) is 4.79 Å². The highest BCUT2D eigenvalue weighted by molar-refractivity contribution is 5.70. The maximum absolute atomic E-state index is 12.1. The summed E-state index contributed by atoms with van der Waals surface area (Å²) in [5.41, 5.74) is 3.89. The van der Waals surface area contributed by atoms with Gasteiger partial charge >= 0.3 is 12.1 Å². The first-order valence-electron chi connectivity index (χ1n) is 18.7. The topological polar surface area (TPSA) is 113 Å². The van der Waals surface area contributed by atoms with Gasteiger partial charge in [-0.15, -0.1) is 6.58 Å². The molecule has 0 aliphatic rings. The molecule has 3 N–H and O–H groups in total. The summed E-state index contributed by atoms with van der Waals surface area (Å²) in [6.45, 7) is 8.97. The molecule has 0 aromatic carbocycles. The molecule has 1 atom stereocenters. The maximum Gasteiger partial charge on any atom is 0.430 e. The number of carboxylic acids is 1. The van der Waals surface area contributed by atoms with Crippen LogP contribution in [-0.2, 0) is 23.8 Å². The summed E-state index contributed by atoms with van der Waals surface area (Å²) in [5.74, 6) is -3.13. The summed E-state index contributed by atoms with van der Waals surface area (Å²) in [6.07, 6.45) is 28.4. The summed E-state index contributed by atoms with van der Waals surface area (Å²) in [7, 11) is 0. The number of rotatable bonds is 34. The first-order chi connectivity index (χ1) is 22.7. The number of carbonyl (C=O) groups is 2. The van der Waals surface area contributed by atoms with Crippen molar-refractivity contribution in [3.05, 3.63) is 12.7 Å². The van der Waals surface area contributed by atoms with Crippen molar-refractivity contribution in [2.75, 3.05) is 33.0 Å². The fourth-order valence-corrected chi connectivity index (χ4v) is 5.08. The van der Waals surface area contributed by atoms with Gasteiger partial charge in [-0.1, -0.05) is 141 Å². The predicted molar refractivity (Wildman–Crippen MR) is 182 cm³/mol. The molecule has 0 saturated carbocycles. The molecule has 0 radical (unpaired) electrons. The van der Waals surface area contributed by atoms with Gasteiger partial charge in [0.1, 0.15) is 18.7 Å². The van der Waals surface area contributed by atoms with Crippen molar-refractivity contribution >= 4 is 11.9 Å². The van der Waals surface area contributed by atoms with Gasteiger partial charge in [0, 0.05) is 13.0 Å². The second-order valence-electron chi connectivity index (χ2n) is 12.5. The zero-order chi connectivity index (χ0) is 35.3. The van der Waals surface area contributed by atoms with Gasteiger partial charge in [-0.25, -0.2) is 0 Å². The SMILES string of the molecule is C=CCOC(COCCCCCCCCCCCCCCCCCC)COC(=O)CCCCCCCCCC[NH3+].O=C([O-])C(F)(F)F. The molecular weight excluding hydrogens is 611 g/mol. The monoisotopic (exact) mass is 682 g/mol. The molecular formula is C37H70F3NO6. The molecule has 0 aliphatic heterocycles. The Morgan fingerprint density at radius 2 is 1.11 bits per heavy atom. The summed E-state index contributed by atoms with van der Waals surface area (Å²) in [6, 6.07) is 0. The minimum atomic E-state index is -5.19. The van der Waals surface area contributed by atoms with Crippen LogP contribution >= 0.6 is 0 Å². The lowest BCUT2D eigenvalue weighted by Gasteiger charge is -2.17. The van der Waals surface area contributed by atoms with Gasteiger partial charge < -0.3 is 29.8 Å². The molecule has 47 heavy (non-hydrogen) atoms. The van der Waals surface area contributed by atoms with E-state index in [9.17, 15) is 18.0 Å². The first kappa shape index (κ1) is 47.5. The van der Waals surface area contributed by atoms with E-state index in [1.165, 1.54) is 135 Å². The number of alkyl halides is 3. The van der Waals surface area contributed by atoms with E-state index in [2.05, 4.69) is 19.2 Å². The molecule has 0 aromatic heterocycles. The third-order valence-electron chi connectivity index (χ3n) is 7.94. The van der Waals surface area contributed by atoms with Gasteiger partial charge in [0.05, 0.1) is 19.8 Å². The molecule has 7 nitrogen and oxygen atoms in total. The number of quaternary nitrogens is 1. The van der Waals surface area contributed by atoms with E-state index in [1.807, 2.05) is 0 Å². The van der Waals surface area contributed by atoms with Crippen molar-refractivity contribution in [3.8, 4) is 0 Å². The van der Waals surface area contributed by atoms with E-state index in [-0.39, 0.29) is 18.7 Å². The van der Waals surface area contributed by atoms with Crippen LogP contribution in [-0.4, -0.2) is 57.2 Å². The Morgan fingerprint density at radius 3 is 1.51 bits per heavy atom. The first-order valence-corrected chi connectivity index (χ1v) is 18.7. The molecule has 0 amide bonds. The molecule has 0 bridgehead atoms. The quantitative estimate of drug-likeness (QED) is 0.0415. The van der Waals surface area contributed by atoms with Crippen molar-refractivity contribution in [1.82, 2.24) is 0 Å². The average Bonchev–Trinajstić information content (AvgIpc) is 3.04.